The lowest BCUT2D eigenvalue weighted by Crippen LogP contribution is -2.47. The Hall–Kier alpha value is -3.64. The molecule has 2 N–H and O–H groups in total. The molecule has 1 aliphatic heterocycles. The minimum Gasteiger partial charge on any atom is -0.383 e. The van der Waals surface area contributed by atoms with Gasteiger partial charge in [0, 0.05) is 45.9 Å². The van der Waals surface area contributed by atoms with E-state index in [0.29, 0.717) is 52.0 Å². The first-order chi connectivity index (χ1) is 17.5. The molecule has 2 aromatic heterocycles. The summed E-state index contributed by atoms with van der Waals surface area (Å²) >= 11 is 6.86. The molecule has 186 valence electrons. The lowest BCUT2D eigenvalue weighted by atomic mass is 10.1. The molecule has 2 aliphatic rings. The van der Waals surface area contributed by atoms with Gasteiger partial charge in [-0.05, 0) is 24.5 Å². The fourth-order valence-corrected chi connectivity index (χ4v) is 4.62. The van der Waals surface area contributed by atoms with E-state index in [1.165, 1.54) is 10.7 Å². The van der Waals surface area contributed by atoms with Crippen LogP contribution in [0, 0.1) is 28.6 Å². The molecule has 1 aromatic carbocycles. The Morgan fingerprint density at radius 3 is 2.61 bits per heavy atom. The number of fused-ring (bicyclic) bond motifs is 1. The second-order valence-electron chi connectivity index (χ2n) is 9.16. The minimum absolute atomic E-state index is 0.266. The molecule has 1 saturated heterocycles. The Balaban J connectivity index is 1.45. The van der Waals surface area contributed by atoms with Crippen LogP contribution in [0.3, 0.4) is 0 Å². The SMILES string of the molecule is COCCN1CCN(c2cc(C#N)cc(Nc3nc(N[C@H]4C[C@@H]4C)n4ncc(C#N)c4n3)c2Cl)CC1. The molecular weight excluding hydrogens is 480 g/mol. The average molecular weight is 507 g/mol. The number of rotatable bonds is 8. The molecule has 0 amide bonds. The molecule has 1 saturated carbocycles. The van der Waals surface area contributed by atoms with E-state index in [0.717, 1.165) is 44.8 Å². The minimum atomic E-state index is 0.266. The third-order valence-electron chi connectivity index (χ3n) is 6.67. The van der Waals surface area contributed by atoms with Crippen molar-refractivity contribution >= 4 is 40.5 Å². The van der Waals surface area contributed by atoms with Crippen molar-refractivity contribution in [1.82, 2.24) is 24.5 Å². The highest BCUT2D eigenvalue weighted by Gasteiger charge is 2.34. The first kappa shape index (κ1) is 24.1. The lowest BCUT2D eigenvalue weighted by Gasteiger charge is -2.36. The van der Waals surface area contributed by atoms with Gasteiger partial charge in [-0.2, -0.15) is 30.1 Å². The maximum atomic E-state index is 9.69. The first-order valence-electron chi connectivity index (χ1n) is 11.9. The fraction of sp³-hybridized carbons (Fsp3) is 0.458. The predicted octanol–water partition coefficient (Wildman–Crippen LogP) is 2.85. The maximum absolute atomic E-state index is 9.69. The molecular formula is C24H27ClN10O. The van der Waals surface area contributed by atoms with Gasteiger partial charge in [-0.1, -0.05) is 18.5 Å². The highest BCUT2D eigenvalue weighted by atomic mass is 35.5. The highest BCUT2D eigenvalue weighted by Crippen LogP contribution is 2.37. The van der Waals surface area contributed by atoms with E-state index in [2.05, 4.69) is 54.6 Å². The van der Waals surface area contributed by atoms with Crippen LogP contribution in [0.1, 0.15) is 24.5 Å². The van der Waals surface area contributed by atoms with Gasteiger partial charge in [-0.3, -0.25) is 4.90 Å². The fourth-order valence-electron chi connectivity index (χ4n) is 4.34. The van der Waals surface area contributed by atoms with Crippen molar-refractivity contribution in [3.05, 3.63) is 34.5 Å². The van der Waals surface area contributed by atoms with Crippen molar-refractivity contribution in [2.75, 3.05) is 62.0 Å². The molecule has 3 aromatic rings. The number of nitrogens with zero attached hydrogens (tertiary/aromatic N) is 8. The molecule has 36 heavy (non-hydrogen) atoms. The molecule has 12 heteroatoms. The molecule has 2 atom stereocenters. The van der Waals surface area contributed by atoms with E-state index in [1.807, 2.05) is 6.07 Å². The van der Waals surface area contributed by atoms with E-state index < -0.39 is 0 Å². The Morgan fingerprint density at radius 2 is 1.94 bits per heavy atom. The molecule has 11 nitrogen and oxygen atoms in total. The van der Waals surface area contributed by atoms with E-state index >= 15 is 0 Å². The lowest BCUT2D eigenvalue weighted by molar-refractivity contribution is 0.144. The zero-order valence-corrected chi connectivity index (χ0v) is 21.0. The van der Waals surface area contributed by atoms with Gasteiger partial charge in [0.1, 0.15) is 11.6 Å². The van der Waals surface area contributed by atoms with Crippen LogP contribution in [-0.2, 0) is 4.74 Å². The largest absolute Gasteiger partial charge is 0.383 e. The van der Waals surface area contributed by atoms with Crippen LogP contribution in [0.15, 0.2) is 18.3 Å². The van der Waals surface area contributed by atoms with Gasteiger partial charge in [-0.25, -0.2) is 0 Å². The third kappa shape index (κ3) is 4.86. The monoisotopic (exact) mass is 506 g/mol. The van der Waals surface area contributed by atoms with E-state index in [9.17, 15) is 10.5 Å². The number of piperazine rings is 1. The number of benzene rings is 1. The van der Waals surface area contributed by atoms with Crippen LogP contribution in [0.2, 0.25) is 5.02 Å². The van der Waals surface area contributed by atoms with Crippen molar-refractivity contribution < 1.29 is 4.74 Å². The van der Waals surface area contributed by atoms with Gasteiger partial charge < -0.3 is 20.3 Å². The number of anilines is 4. The number of nitrogens with one attached hydrogen (secondary N) is 2. The molecule has 0 unspecified atom stereocenters. The number of aromatic nitrogens is 4. The summed E-state index contributed by atoms with van der Waals surface area (Å²) in [5, 5.41) is 30.5. The number of methoxy groups -OCH3 is 1. The summed E-state index contributed by atoms with van der Waals surface area (Å²) in [7, 11) is 1.71. The summed E-state index contributed by atoms with van der Waals surface area (Å²) in [6.07, 6.45) is 2.52. The van der Waals surface area contributed by atoms with Crippen molar-refractivity contribution in [1.29, 1.82) is 10.5 Å². The van der Waals surface area contributed by atoms with Crippen LogP contribution in [0.25, 0.3) is 5.65 Å². The third-order valence-corrected chi connectivity index (χ3v) is 7.06. The number of halogens is 1. The number of hydrogen-bond acceptors (Lipinski definition) is 10. The average Bonchev–Trinajstić information content (AvgIpc) is 3.42. The van der Waals surface area contributed by atoms with Gasteiger partial charge in [0.05, 0.1) is 40.8 Å². The molecule has 0 bridgehead atoms. The second-order valence-corrected chi connectivity index (χ2v) is 9.53. The Morgan fingerprint density at radius 1 is 1.17 bits per heavy atom. The van der Waals surface area contributed by atoms with Gasteiger partial charge in [0.2, 0.25) is 11.9 Å². The summed E-state index contributed by atoms with van der Waals surface area (Å²) in [6.45, 7) is 7.08. The van der Waals surface area contributed by atoms with E-state index in [1.54, 1.807) is 13.2 Å². The van der Waals surface area contributed by atoms with Gasteiger partial charge in [-0.15, -0.1) is 0 Å². The molecule has 3 heterocycles. The van der Waals surface area contributed by atoms with Crippen molar-refractivity contribution in [3.63, 3.8) is 0 Å². The normalized spacial score (nSPS) is 19.6. The first-order valence-corrected chi connectivity index (χ1v) is 12.3. The van der Waals surface area contributed by atoms with E-state index in [-0.39, 0.29) is 5.95 Å². The predicted molar refractivity (Wildman–Crippen MR) is 137 cm³/mol. The smallest absolute Gasteiger partial charge is 0.232 e. The maximum Gasteiger partial charge on any atom is 0.232 e. The summed E-state index contributed by atoms with van der Waals surface area (Å²) in [6, 6.07) is 8.15. The number of nitriles is 2. The van der Waals surface area contributed by atoms with Gasteiger partial charge in [0.15, 0.2) is 5.65 Å². The summed E-state index contributed by atoms with van der Waals surface area (Å²) in [5.74, 6) is 1.30. The van der Waals surface area contributed by atoms with Crippen LogP contribution >= 0.6 is 11.6 Å². The molecule has 2 fully saturated rings. The molecule has 0 radical (unpaired) electrons. The molecule has 0 spiro atoms. The van der Waals surface area contributed by atoms with Crippen LogP contribution in [-0.4, -0.2) is 77.0 Å². The standard InChI is InChI=1S/C24H27ClN10O/c1-15-9-18(15)30-24-32-23(31-22-17(13-27)14-28-35(22)24)29-19-10-16(12-26)11-20(21(19)25)34-5-3-33(4-6-34)7-8-36-2/h10-11,14-15,18H,3-9H2,1-2H3,(H2,29,30,31,32)/t15-,18-/m0/s1. The van der Waals surface area contributed by atoms with Gasteiger partial charge in [0.25, 0.3) is 0 Å². The number of hydrogen-bond donors (Lipinski definition) is 2. The Bertz CT molecular complexity index is 1350. The van der Waals surface area contributed by atoms with Crippen molar-refractivity contribution in [2.45, 2.75) is 19.4 Å². The zero-order valence-electron chi connectivity index (χ0n) is 20.2. The summed E-state index contributed by atoms with van der Waals surface area (Å²) in [4.78, 5) is 13.7. The second kappa shape index (κ2) is 10.2. The van der Waals surface area contributed by atoms with Crippen LogP contribution in [0.4, 0.5) is 23.3 Å². The molecule has 1 aliphatic carbocycles. The number of ether oxygens (including phenoxy) is 1. The topological polar surface area (TPSA) is 130 Å². The quantitative estimate of drug-likeness (QED) is 0.470. The zero-order chi connectivity index (χ0) is 25.2. The van der Waals surface area contributed by atoms with Crippen molar-refractivity contribution in [2.24, 2.45) is 5.92 Å². The van der Waals surface area contributed by atoms with Gasteiger partial charge >= 0.3 is 0 Å². The highest BCUT2D eigenvalue weighted by molar-refractivity contribution is 6.36. The van der Waals surface area contributed by atoms with Crippen LogP contribution in [0.5, 0.6) is 0 Å². The van der Waals surface area contributed by atoms with E-state index in [4.69, 9.17) is 16.3 Å². The molecule has 5 rings (SSSR count). The van der Waals surface area contributed by atoms with Crippen molar-refractivity contribution in [3.8, 4) is 12.1 Å². The van der Waals surface area contributed by atoms with Crippen LogP contribution < -0.4 is 15.5 Å². The Kier molecular flexibility index (Phi) is 6.79. The summed E-state index contributed by atoms with van der Waals surface area (Å²) < 4.78 is 6.73. The summed E-state index contributed by atoms with van der Waals surface area (Å²) in [5.41, 5.74) is 2.53. The Labute approximate surface area is 214 Å².